The summed E-state index contributed by atoms with van der Waals surface area (Å²) in [5.41, 5.74) is 2.84. The molecule has 0 saturated carbocycles. The van der Waals surface area contributed by atoms with Crippen LogP contribution in [0.2, 0.25) is 0 Å². The lowest BCUT2D eigenvalue weighted by Gasteiger charge is -2.27. The van der Waals surface area contributed by atoms with Gasteiger partial charge in [-0.05, 0) is 62.5 Å². The lowest BCUT2D eigenvalue weighted by molar-refractivity contribution is 0.242. The van der Waals surface area contributed by atoms with Gasteiger partial charge in [0.15, 0.2) is 0 Å². The zero-order valence-electron chi connectivity index (χ0n) is 12.5. The summed E-state index contributed by atoms with van der Waals surface area (Å²) in [6.45, 7) is 5.65. The van der Waals surface area contributed by atoms with E-state index in [0.29, 0.717) is 0 Å². The number of piperidine rings is 1. The molecule has 0 amide bonds. The molecule has 110 valence electrons. The second-order valence-corrected chi connectivity index (χ2v) is 6.25. The van der Waals surface area contributed by atoms with Gasteiger partial charge in [0, 0.05) is 19.5 Å². The van der Waals surface area contributed by atoms with E-state index in [-0.39, 0.29) is 0 Å². The molecule has 0 atom stereocenters. The minimum atomic E-state index is 0.856. The van der Waals surface area contributed by atoms with Crippen LogP contribution >= 0.6 is 0 Å². The molecule has 1 saturated heterocycles. The van der Waals surface area contributed by atoms with Crippen LogP contribution in [0.4, 0.5) is 0 Å². The zero-order chi connectivity index (χ0) is 13.8. The molecule has 1 fully saturated rings. The van der Waals surface area contributed by atoms with Gasteiger partial charge in [-0.3, -0.25) is 0 Å². The second kappa shape index (κ2) is 6.59. The normalized spacial score (nSPS) is 19.1. The third-order valence-electron chi connectivity index (χ3n) is 4.56. The summed E-state index contributed by atoms with van der Waals surface area (Å²) in [6, 6.07) is 6.70. The van der Waals surface area contributed by atoms with Crippen molar-refractivity contribution in [1.29, 1.82) is 0 Å². The smallest absolute Gasteiger partial charge is 0.122 e. The Kier molecular flexibility index (Phi) is 4.58. The molecule has 0 spiro atoms. The maximum absolute atomic E-state index is 5.56. The van der Waals surface area contributed by atoms with Crippen LogP contribution in [0, 0.1) is 5.92 Å². The first-order valence-electron chi connectivity index (χ1n) is 7.95. The second-order valence-electron chi connectivity index (χ2n) is 6.25. The topological polar surface area (TPSA) is 24.5 Å². The van der Waals surface area contributed by atoms with Gasteiger partial charge in [0.1, 0.15) is 5.75 Å². The first-order valence-corrected chi connectivity index (χ1v) is 7.95. The van der Waals surface area contributed by atoms with E-state index in [0.717, 1.165) is 37.7 Å². The monoisotopic (exact) mass is 274 g/mol. The minimum absolute atomic E-state index is 0.856. The summed E-state index contributed by atoms with van der Waals surface area (Å²) in [6.07, 6.45) is 4.89. The standard InChI is InChI=1S/C17H26N2O/c1-19(13-15-4-8-18-9-5-15)10-6-14-2-3-17-16(12-14)7-11-20-17/h2-3,12,15,18H,4-11,13H2,1H3. The molecule has 3 heteroatoms. The molecule has 2 heterocycles. The lowest BCUT2D eigenvalue weighted by Crippen LogP contribution is -2.35. The van der Waals surface area contributed by atoms with Crippen molar-refractivity contribution in [3.05, 3.63) is 29.3 Å². The zero-order valence-corrected chi connectivity index (χ0v) is 12.5. The largest absolute Gasteiger partial charge is 0.493 e. The van der Waals surface area contributed by atoms with Crippen molar-refractivity contribution in [2.75, 3.05) is 39.8 Å². The molecule has 3 rings (SSSR count). The van der Waals surface area contributed by atoms with Crippen LogP contribution < -0.4 is 10.1 Å². The SMILES string of the molecule is CN(CCc1ccc2c(c1)CCO2)CC1CCNCC1. The highest BCUT2D eigenvalue weighted by Crippen LogP contribution is 2.26. The molecule has 1 aromatic rings. The number of hydrogen-bond acceptors (Lipinski definition) is 3. The summed E-state index contributed by atoms with van der Waals surface area (Å²) in [5, 5.41) is 3.44. The number of rotatable bonds is 5. The van der Waals surface area contributed by atoms with Gasteiger partial charge in [-0.15, -0.1) is 0 Å². The Balaban J connectivity index is 1.46. The average Bonchev–Trinajstić information content (AvgIpc) is 2.93. The molecule has 0 unspecified atom stereocenters. The van der Waals surface area contributed by atoms with Gasteiger partial charge >= 0.3 is 0 Å². The molecule has 1 N–H and O–H groups in total. The summed E-state index contributed by atoms with van der Waals surface area (Å²) in [4.78, 5) is 2.50. The van der Waals surface area contributed by atoms with Gasteiger partial charge in [0.2, 0.25) is 0 Å². The van der Waals surface area contributed by atoms with Gasteiger partial charge in [0.25, 0.3) is 0 Å². The number of hydrogen-bond donors (Lipinski definition) is 1. The Morgan fingerprint density at radius 3 is 3.00 bits per heavy atom. The van der Waals surface area contributed by atoms with Crippen molar-refractivity contribution >= 4 is 0 Å². The molecule has 0 aliphatic carbocycles. The van der Waals surface area contributed by atoms with E-state index in [9.17, 15) is 0 Å². The van der Waals surface area contributed by atoms with E-state index in [1.165, 1.54) is 43.6 Å². The molecule has 0 radical (unpaired) electrons. The highest BCUT2D eigenvalue weighted by Gasteiger charge is 2.15. The molecule has 20 heavy (non-hydrogen) atoms. The van der Waals surface area contributed by atoms with Crippen molar-refractivity contribution in [1.82, 2.24) is 10.2 Å². The van der Waals surface area contributed by atoms with Crippen molar-refractivity contribution < 1.29 is 4.74 Å². The Hall–Kier alpha value is -1.06. The molecule has 2 aliphatic heterocycles. The number of nitrogens with one attached hydrogen (secondary N) is 1. The predicted octanol–water partition coefficient (Wildman–Crippen LogP) is 2.10. The Morgan fingerprint density at radius 1 is 1.30 bits per heavy atom. The van der Waals surface area contributed by atoms with Crippen LogP contribution in [0.3, 0.4) is 0 Å². The molecule has 0 aromatic heterocycles. The Labute approximate surface area is 122 Å². The molecular formula is C17H26N2O. The van der Waals surface area contributed by atoms with Gasteiger partial charge in [0.05, 0.1) is 6.61 Å². The molecule has 1 aromatic carbocycles. The number of ether oxygens (including phenoxy) is 1. The summed E-state index contributed by atoms with van der Waals surface area (Å²) in [7, 11) is 2.26. The van der Waals surface area contributed by atoms with Crippen LogP contribution in [0.1, 0.15) is 24.0 Å². The molecule has 2 aliphatic rings. The number of fused-ring (bicyclic) bond motifs is 1. The Morgan fingerprint density at radius 2 is 2.15 bits per heavy atom. The van der Waals surface area contributed by atoms with Crippen LogP contribution in [0.25, 0.3) is 0 Å². The van der Waals surface area contributed by atoms with Gasteiger partial charge in [-0.25, -0.2) is 0 Å². The highest BCUT2D eigenvalue weighted by atomic mass is 16.5. The van der Waals surface area contributed by atoms with E-state index < -0.39 is 0 Å². The number of benzene rings is 1. The van der Waals surface area contributed by atoms with Crippen LogP contribution in [-0.2, 0) is 12.8 Å². The summed E-state index contributed by atoms with van der Waals surface area (Å²) >= 11 is 0. The molecule has 0 bridgehead atoms. The molecular weight excluding hydrogens is 248 g/mol. The van der Waals surface area contributed by atoms with Crippen molar-refractivity contribution in [3.63, 3.8) is 0 Å². The van der Waals surface area contributed by atoms with E-state index >= 15 is 0 Å². The van der Waals surface area contributed by atoms with Crippen LogP contribution in [-0.4, -0.2) is 44.7 Å². The van der Waals surface area contributed by atoms with E-state index in [1.807, 2.05) is 0 Å². The molecule has 3 nitrogen and oxygen atoms in total. The van der Waals surface area contributed by atoms with Crippen molar-refractivity contribution in [2.24, 2.45) is 5.92 Å². The minimum Gasteiger partial charge on any atom is -0.493 e. The maximum Gasteiger partial charge on any atom is 0.122 e. The van der Waals surface area contributed by atoms with E-state index in [4.69, 9.17) is 4.74 Å². The quantitative estimate of drug-likeness (QED) is 0.890. The fourth-order valence-electron chi connectivity index (χ4n) is 3.31. The lowest BCUT2D eigenvalue weighted by atomic mass is 9.97. The highest BCUT2D eigenvalue weighted by molar-refractivity contribution is 5.39. The third-order valence-corrected chi connectivity index (χ3v) is 4.56. The fourth-order valence-corrected chi connectivity index (χ4v) is 3.31. The maximum atomic E-state index is 5.56. The number of nitrogens with zero attached hydrogens (tertiary/aromatic N) is 1. The van der Waals surface area contributed by atoms with Crippen LogP contribution in [0.5, 0.6) is 5.75 Å². The average molecular weight is 274 g/mol. The third kappa shape index (κ3) is 3.53. The van der Waals surface area contributed by atoms with Gasteiger partial charge in [-0.1, -0.05) is 12.1 Å². The van der Waals surface area contributed by atoms with E-state index in [2.05, 4.69) is 35.5 Å². The first-order chi connectivity index (χ1) is 9.81. The van der Waals surface area contributed by atoms with Gasteiger partial charge in [-0.2, -0.15) is 0 Å². The van der Waals surface area contributed by atoms with Crippen molar-refractivity contribution in [3.8, 4) is 5.75 Å². The summed E-state index contributed by atoms with van der Waals surface area (Å²) in [5.74, 6) is 1.98. The number of likely N-dealkylation sites (N-methyl/N-ethyl adjacent to an activating group) is 1. The van der Waals surface area contributed by atoms with Crippen LogP contribution in [0.15, 0.2) is 18.2 Å². The van der Waals surface area contributed by atoms with E-state index in [1.54, 1.807) is 0 Å². The predicted molar refractivity (Wildman–Crippen MR) is 82.4 cm³/mol. The first kappa shape index (κ1) is 13.9. The van der Waals surface area contributed by atoms with Crippen molar-refractivity contribution in [2.45, 2.75) is 25.7 Å². The van der Waals surface area contributed by atoms with Gasteiger partial charge < -0.3 is 15.0 Å². The summed E-state index contributed by atoms with van der Waals surface area (Å²) < 4.78 is 5.56. The fraction of sp³-hybridized carbons (Fsp3) is 0.647. The Bertz CT molecular complexity index is 441.